The molecule has 1 unspecified atom stereocenters. The van der Waals surface area contributed by atoms with Crippen LogP contribution in [-0.4, -0.2) is 42.2 Å². The zero-order valence-electron chi connectivity index (χ0n) is 15.5. The van der Waals surface area contributed by atoms with E-state index in [1.54, 1.807) is 6.07 Å². The number of thiophene rings is 1. The first-order valence-electron chi connectivity index (χ1n) is 9.21. The lowest BCUT2D eigenvalue weighted by Gasteiger charge is -2.40. The number of rotatable bonds is 6. The number of hydrogen-bond donors (Lipinski definition) is 1. The molecule has 0 radical (unpaired) electrons. The summed E-state index contributed by atoms with van der Waals surface area (Å²) < 4.78 is 5.44. The van der Waals surface area contributed by atoms with Crippen molar-refractivity contribution in [3.63, 3.8) is 0 Å². The van der Waals surface area contributed by atoms with Crippen LogP contribution in [0.1, 0.15) is 53.3 Å². The third-order valence-electron chi connectivity index (χ3n) is 5.13. The fourth-order valence-corrected chi connectivity index (χ4v) is 4.38. The number of likely N-dealkylation sites (N-methyl/N-ethyl adjacent to an activating group) is 1. The molecule has 1 atom stereocenters. The van der Waals surface area contributed by atoms with E-state index in [2.05, 4.69) is 4.90 Å². The van der Waals surface area contributed by atoms with Gasteiger partial charge in [-0.1, -0.05) is 37.5 Å². The average Bonchev–Trinajstić information content (AvgIpc) is 3.16. The van der Waals surface area contributed by atoms with Gasteiger partial charge in [-0.3, -0.25) is 0 Å². The average molecular weight is 374 g/mol. The van der Waals surface area contributed by atoms with Crippen molar-refractivity contribution in [2.75, 3.05) is 20.6 Å². The number of esters is 1. The standard InChI is InChI=1S/C21H27NO3S/c1-22(2)15-18(21(24)12-4-3-5-13-21)16-8-10-17(11-9-16)25-20(23)19-7-6-14-26-19/h6-11,14,18,24H,3-5,12-13,15H2,1-2H3. The molecule has 1 heterocycles. The highest BCUT2D eigenvalue weighted by Gasteiger charge is 2.38. The lowest BCUT2D eigenvalue weighted by atomic mass is 9.72. The maximum absolute atomic E-state index is 12.1. The van der Waals surface area contributed by atoms with Crippen molar-refractivity contribution in [2.45, 2.75) is 43.6 Å². The molecule has 0 aliphatic heterocycles. The highest BCUT2D eigenvalue weighted by Crippen LogP contribution is 2.40. The Kier molecular flexibility index (Phi) is 6.12. The van der Waals surface area contributed by atoms with Crippen molar-refractivity contribution in [3.05, 3.63) is 52.2 Å². The van der Waals surface area contributed by atoms with Crippen LogP contribution >= 0.6 is 11.3 Å². The van der Waals surface area contributed by atoms with Crippen molar-refractivity contribution in [1.29, 1.82) is 0 Å². The maximum atomic E-state index is 12.1. The van der Waals surface area contributed by atoms with Gasteiger partial charge in [0.1, 0.15) is 10.6 Å². The third kappa shape index (κ3) is 4.53. The van der Waals surface area contributed by atoms with Crippen LogP contribution in [0.2, 0.25) is 0 Å². The lowest BCUT2D eigenvalue weighted by Crippen LogP contribution is -2.42. The molecule has 3 rings (SSSR count). The minimum atomic E-state index is -0.655. The highest BCUT2D eigenvalue weighted by molar-refractivity contribution is 7.12. The van der Waals surface area contributed by atoms with E-state index in [1.165, 1.54) is 17.8 Å². The van der Waals surface area contributed by atoms with Crippen LogP contribution in [0.15, 0.2) is 41.8 Å². The molecular weight excluding hydrogens is 346 g/mol. The minimum absolute atomic E-state index is 0.0554. The Hall–Kier alpha value is -1.69. The molecule has 1 aliphatic carbocycles. The van der Waals surface area contributed by atoms with E-state index in [0.29, 0.717) is 10.6 Å². The van der Waals surface area contributed by atoms with Gasteiger partial charge in [-0.15, -0.1) is 11.3 Å². The largest absolute Gasteiger partial charge is 0.422 e. The van der Waals surface area contributed by atoms with Crippen molar-refractivity contribution in [2.24, 2.45) is 0 Å². The van der Waals surface area contributed by atoms with Gasteiger partial charge in [-0.05, 0) is 56.1 Å². The number of carbonyl (C=O) groups is 1. The molecule has 4 nitrogen and oxygen atoms in total. The molecule has 1 saturated carbocycles. The Morgan fingerprint density at radius 1 is 1.19 bits per heavy atom. The predicted octanol–water partition coefficient (Wildman–Crippen LogP) is 4.31. The van der Waals surface area contributed by atoms with Crippen LogP contribution in [-0.2, 0) is 0 Å². The fraction of sp³-hybridized carbons (Fsp3) is 0.476. The second-order valence-electron chi connectivity index (χ2n) is 7.41. The van der Waals surface area contributed by atoms with Gasteiger partial charge in [-0.25, -0.2) is 4.79 Å². The molecule has 1 fully saturated rings. The molecular formula is C21H27NO3S. The summed E-state index contributed by atoms with van der Waals surface area (Å²) in [5.74, 6) is 0.259. The summed E-state index contributed by atoms with van der Waals surface area (Å²) in [5, 5.41) is 13.1. The van der Waals surface area contributed by atoms with E-state index < -0.39 is 5.60 Å². The van der Waals surface area contributed by atoms with Crippen LogP contribution in [0, 0.1) is 0 Å². The van der Waals surface area contributed by atoms with Crippen LogP contribution in [0.25, 0.3) is 0 Å². The Balaban J connectivity index is 1.76. The Morgan fingerprint density at radius 3 is 2.46 bits per heavy atom. The number of hydrogen-bond acceptors (Lipinski definition) is 5. The highest BCUT2D eigenvalue weighted by atomic mass is 32.1. The quantitative estimate of drug-likeness (QED) is 0.606. The van der Waals surface area contributed by atoms with E-state index in [-0.39, 0.29) is 11.9 Å². The van der Waals surface area contributed by atoms with Crippen LogP contribution < -0.4 is 4.74 Å². The summed E-state index contributed by atoms with van der Waals surface area (Å²) in [7, 11) is 4.08. The van der Waals surface area contributed by atoms with Gasteiger partial charge < -0.3 is 14.7 Å². The smallest absolute Gasteiger partial charge is 0.353 e. The Bertz CT molecular complexity index is 703. The summed E-state index contributed by atoms with van der Waals surface area (Å²) in [6.07, 6.45) is 5.06. The second-order valence-corrected chi connectivity index (χ2v) is 8.36. The van der Waals surface area contributed by atoms with Crippen molar-refractivity contribution < 1.29 is 14.6 Å². The van der Waals surface area contributed by atoms with Crippen molar-refractivity contribution >= 4 is 17.3 Å². The minimum Gasteiger partial charge on any atom is -0.422 e. The summed E-state index contributed by atoms with van der Waals surface area (Å²) in [4.78, 5) is 14.8. The van der Waals surface area contributed by atoms with Gasteiger partial charge in [0.2, 0.25) is 0 Å². The summed E-state index contributed by atoms with van der Waals surface area (Å²) >= 11 is 1.37. The zero-order valence-corrected chi connectivity index (χ0v) is 16.3. The summed E-state index contributed by atoms with van der Waals surface area (Å²) in [5.41, 5.74) is 0.441. The second kappa shape index (κ2) is 8.33. The van der Waals surface area contributed by atoms with Crippen molar-refractivity contribution in [3.8, 4) is 5.75 Å². The molecule has 0 amide bonds. The molecule has 1 N–H and O–H groups in total. The molecule has 140 valence electrons. The Labute approximate surface area is 159 Å². The van der Waals surface area contributed by atoms with E-state index >= 15 is 0 Å². The lowest BCUT2D eigenvalue weighted by molar-refractivity contribution is -0.0277. The molecule has 1 aromatic carbocycles. The maximum Gasteiger partial charge on any atom is 0.353 e. The van der Waals surface area contributed by atoms with Gasteiger partial charge in [-0.2, -0.15) is 0 Å². The van der Waals surface area contributed by atoms with Gasteiger partial charge >= 0.3 is 5.97 Å². The number of carbonyl (C=O) groups excluding carboxylic acids is 1. The van der Waals surface area contributed by atoms with Crippen LogP contribution in [0.4, 0.5) is 0 Å². The fourth-order valence-electron chi connectivity index (χ4n) is 3.78. The van der Waals surface area contributed by atoms with E-state index in [0.717, 1.165) is 37.8 Å². The van der Waals surface area contributed by atoms with Crippen LogP contribution in [0.5, 0.6) is 5.75 Å². The zero-order chi connectivity index (χ0) is 18.6. The first kappa shape index (κ1) is 19.1. The molecule has 0 bridgehead atoms. The van der Waals surface area contributed by atoms with Gasteiger partial charge in [0, 0.05) is 12.5 Å². The number of benzene rings is 1. The molecule has 1 aromatic heterocycles. The molecule has 2 aromatic rings. The molecule has 0 saturated heterocycles. The van der Waals surface area contributed by atoms with Crippen molar-refractivity contribution in [1.82, 2.24) is 4.90 Å². The topological polar surface area (TPSA) is 49.8 Å². The van der Waals surface area contributed by atoms with Gasteiger partial charge in [0.15, 0.2) is 0 Å². The van der Waals surface area contributed by atoms with Gasteiger partial charge in [0.05, 0.1) is 5.60 Å². The summed E-state index contributed by atoms with van der Waals surface area (Å²) in [6, 6.07) is 11.2. The van der Waals surface area contributed by atoms with E-state index in [4.69, 9.17) is 4.74 Å². The SMILES string of the molecule is CN(C)CC(c1ccc(OC(=O)c2cccs2)cc1)C1(O)CCCCC1. The van der Waals surface area contributed by atoms with Crippen LogP contribution in [0.3, 0.4) is 0 Å². The monoisotopic (exact) mass is 373 g/mol. The van der Waals surface area contributed by atoms with E-state index in [9.17, 15) is 9.90 Å². The molecule has 1 aliphatic rings. The number of ether oxygens (including phenoxy) is 1. The Morgan fingerprint density at radius 2 is 1.88 bits per heavy atom. The first-order chi connectivity index (χ1) is 12.5. The third-order valence-corrected chi connectivity index (χ3v) is 5.98. The number of nitrogens with zero attached hydrogens (tertiary/aromatic N) is 1. The molecule has 26 heavy (non-hydrogen) atoms. The van der Waals surface area contributed by atoms with E-state index in [1.807, 2.05) is 49.8 Å². The summed E-state index contributed by atoms with van der Waals surface area (Å²) in [6.45, 7) is 0.796. The predicted molar refractivity (Wildman–Crippen MR) is 105 cm³/mol. The normalized spacial score (nSPS) is 17.8. The molecule has 0 spiro atoms. The van der Waals surface area contributed by atoms with Gasteiger partial charge in [0.25, 0.3) is 0 Å². The molecule has 5 heteroatoms. The first-order valence-corrected chi connectivity index (χ1v) is 10.1. The number of aliphatic hydroxyl groups is 1.